The highest BCUT2D eigenvalue weighted by atomic mass is 35.5. The van der Waals surface area contributed by atoms with E-state index in [1.54, 1.807) is 36.4 Å². The van der Waals surface area contributed by atoms with Crippen LogP contribution in [0.5, 0.6) is 0 Å². The molecule has 0 atom stereocenters. The molecule has 1 aliphatic heterocycles. The van der Waals surface area contributed by atoms with E-state index in [1.807, 2.05) is 6.07 Å². The summed E-state index contributed by atoms with van der Waals surface area (Å²) in [6.07, 6.45) is 2.73. The van der Waals surface area contributed by atoms with E-state index in [-0.39, 0.29) is 17.0 Å². The Kier molecular flexibility index (Phi) is 5.96. The second-order valence-electron chi connectivity index (χ2n) is 6.27. The summed E-state index contributed by atoms with van der Waals surface area (Å²) >= 11 is 5.95. The molecule has 26 heavy (non-hydrogen) atoms. The fourth-order valence-electron chi connectivity index (χ4n) is 3.05. The van der Waals surface area contributed by atoms with Crippen LogP contribution in [0.15, 0.2) is 53.4 Å². The monoisotopic (exact) mass is 392 g/mol. The summed E-state index contributed by atoms with van der Waals surface area (Å²) in [4.78, 5) is 12.7. The number of amides is 1. The maximum absolute atomic E-state index is 13.0. The normalized spacial score (nSPS) is 15.6. The van der Waals surface area contributed by atoms with Crippen molar-refractivity contribution >= 4 is 27.5 Å². The average Bonchev–Trinajstić information content (AvgIpc) is 2.67. The Labute approximate surface area is 159 Å². The standard InChI is InChI=1S/C19H21ClN2O3S/c20-16-8-6-7-15(13-16)14-21-19(23)17-9-2-3-10-18(17)26(24,25)22-11-4-1-5-12-22/h2-3,6-10,13H,1,4-5,11-12,14H2,(H,21,23). The van der Waals surface area contributed by atoms with Crippen LogP contribution in [0.1, 0.15) is 35.2 Å². The zero-order chi connectivity index (χ0) is 18.6. The number of piperidine rings is 1. The first kappa shape index (κ1) is 18.9. The largest absolute Gasteiger partial charge is 0.348 e. The highest BCUT2D eigenvalue weighted by Crippen LogP contribution is 2.23. The number of benzene rings is 2. The number of nitrogens with one attached hydrogen (secondary N) is 1. The molecule has 0 aromatic heterocycles. The summed E-state index contributed by atoms with van der Waals surface area (Å²) in [7, 11) is -3.68. The van der Waals surface area contributed by atoms with Crippen molar-refractivity contribution in [3.63, 3.8) is 0 Å². The quantitative estimate of drug-likeness (QED) is 0.847. The zero-order valence-corrected chi connectivity index (χ0v) is 15.9. The van der Waals surface area contributed by atoms with Gasteiger partial charge in [-0.1, -0.05) is 42.3 Å². The van der Waals surface area contributed by atoms with Crippen molar-refractivity contribution < 1.29 is 13.2 Å². The van der Waals surface area contributed by atoms with E-state index >= 15 is 0 Å². The molecule has 1 heterocycles. The molecule has 0 radical (unpaired) electrons. The minimum Gasteiger partial charge on any atom is -0.348 e. The van der Waals surface area contributed by atoms with Gasteiger partial charge in [-0.25, -0.2) is 8.42 Å². The number of carbonyl (C=O) groups is 1. The SMILES string of the molecule is O=C(NCc1cccc(Cl)c1)c1ccccc1S(=O)(=O)N1CCCCC1. The summed E-state index contributed by atoms with van der Waals surface area (Å²) in [6.45, 7) is 1.28. The highest BCUT2D eigenvalue weighted by molar-refractivity contribution is 7.89. The van der Waals surface area contributed by atoms with Crippen molar-refractivity contribution in [2.75, 3.05) is 13.1 Å². The summed E-state index contributed by atoms with van der Waals surface area (Å²) in [6, 6.07) is 13.5. The topological polar surface area (TPSA) is 66.5 Å². The van der Waals surface area contributed by atoms with Gasteiger partial charge in [0.05, 0.1) is 10.5 Å². The Bertz CT molecular complexity index is 893. The summed E-state index contributed by atoms with van der Waals surface area (Å²) in [5.41, 5.74) is 1.02. The maximum Gasteiger partial charge on any atom is 0.252 e. The minimum atomic E-state index is -3.68. The van der Waals surface area contributed by atoms with Crippen LogP contribution in [-0.4, -0.2) is 31.7 Å². The van der Waals surface area contributed by atoms with E-state index in [9.17, 15) is 13.2 Å². The lowest BCUT2D eigenvalue weighted by Gasteiger charge is -2.26. The van der Waals surface area contributed by atoms with E-state index in [1.165, 1.54) is 10.4 Å². The lowest BCUT2D eigenvalue weighted by atomic mass is 10.2. The zero-order valence-electron chi connectivity index (χ0n) is 14.3. The van der Waals surface area contributed by atoms with Gasteiger partial charge in [-0.05, 0) is 42.7 Å². The number of halogens is 1. The molecular weight excluding hydrogens is 372 g/mol. The first-order valence-electron chi connectivity index (χ1n) is 8.60. The lowest BCUT2D eigenvalue weighted by Crippen LogP contribution is -2.37. The number of hydrogen-bond acceptors (Lipinski definition) is 3. The van der Waals surface area contributed by atoms with Gasteiger partial charge in [-0.2, -0.15) is 4.31 Å². The van der Waals surface area contributed by atoms with Crippen molar-refractivity contribution in [1.29, 1.82) is 0 Å². The van der Waals surface area contributed by atoms with Crippen LogP contribution in [0.4, 0.5) is 0 Å². The third-order valence-electron chi connectivity index (χ3n) is 4.41. The van der Waals surface area contributed by atoms with Crippen LogP contribution in [0, 0.1) is 0 Å². The molecule has 3 rings (SSSR count). The second kappa shape index (κ2) is 8.20. The van der Waals surface area contributed by atoms with E-state index in [0.717, 1.165) is 24.8 Å². The molecule has 0 unspecified atom stereocenters. The molecule has 1 fully saturated rings. The average molecular weight is 393 g/mol. The Hall–Kier alpha value is -1.89. The minimum absolute atomic E-state index is 0.0606. The number of hydrogen-bond donors (Lipinski definition) is 1. The fourth-order valence-corrected chi connectivity index (χ4v) is 4.97. The first-order valence-corrected chi connectivity index (χ1v) is 10.4. The number of nitrogens with zero attached hydrogens (tertiary/aromatic N) is 1. The molecule has 1 saturated heterocycles. The predicted molar refractivity (Wildman–Crippen MR) is 102 cm³/mol. The van der Waals surface area contributed by atoms with Crippen LogP contribution < -0.4 is 5.32 Å². The van der Waals surface area contributed by atoms with Gasteiger partial charge in [-0.3, -0.25) is 4.79 Å². The molecule has 5 nitrogen and oxygen atoms in total. The van der Waals surface area contributed by atoms with Gasteiger partial charge < -0.3 is 5.32 Å². The van der Waals surface area contributed by atoms with Crippen molar-refractivity contribution in [1.82, 2.24) is 9.62 Å². The molecule has 2 aromatic rings. The van der Waals surface area contributed by atoms with E-state index in [0.29, 0.717) is 18.1 Å². The van der Waals surface area contributed by atoms with E-state index < -0.39 is 15.9 Å². The van der Waals surface area contributed by atoms with Gasteiger partial charge in [0.2, 0.25) is 10.0 Å². The first-order chi connectivity index (χ1) is 12.5. The fraction of sp³-hybridized carbons (Fsp3) is 0.316. The van der Waals surface area contributed by atoms with Gasteiger partial charge in [0.25, 0.3) is 5.91 Å². The number of rotatable bonds is 5. The van der Waals surface area contributed by atoms with Gasteiger partial charge in [0, 0.05) is 24.7 Å². The lowest BCUT2D eigenvalue weighted by molar-refractivity contribution is 0.0947. The molecule has 7 heteroatoms. The third kappa shape index (κ3) is 4.26. The molecule has 0 saturated carbocycles. The smallest absolute Gasteiger partial charge is 0.252 e. The summed E-state index contributed by atoms with van der Waals surface area (Å²) < 4.78 is 27.4. The molecule has 1 amide bonds. The maximum atomic E-state index is 13.0. The van der Waals surface area contributed by atoms with Crippen molar-refractivity contribution in [3.8, 4) is 0 Å². The summed E-state index contributed by atoms with van der Waals surface area (Å²) in [5, 5.41) is 3.37. The molecule has 138 valence electrons. The van der Waals surface area contributed by atoms with E-state index in [2.05, 4.69) is 5.32 Å². The van der Waals surface area contributed by atoms with Crippen LogP contribution in [0.2, 0.25) is 5.02 Å². The molecule has 1 N–H and O–H groups in total. The van der Waals surface area contributed by atoms with Crippen LogP contribution in [-0.2, 0) is 16.6 Å². The highest BCUT2D eigenvalue weighted by Gasteiger charge is 2.29. The van der Waals surface area contributed by atoms with Crippen molar-refractivity contribution in [2.24, 2.45) is 0 Å². The molecular formula is C19H21ClN2O3S. The molecule has 0 spiro atoms. The van der Waals surface area contributed by atoms with E-state index in [4.69, 9.17) is 11.6 Å². The Morgan fingerprint density at radius 1 is 1.04 bits per heavy atom. The Morgan fingerprint density at radius 2 is 1.77 bits per heavy atom. The second-order valence-corrected chi connectivity index (χ2v) is 8.62. The van der Waals surface area contributed by atoms with Crippen LogP contribution >= 0.6 is 11.6 Å². The van der Waals surface area contributed by atoms with Crippen molar-refractivity contribution in [2.45, 2.75) is 30.7 Å². The number of carbonyl (C=O) groups excluding carboxylic acids is 1. The van der Waals surface area contributed by atoms with Crippen molar-refractivity contribution in [3.05, 3.63) is 64.7 Å². The molecule has 2 aromatic carbocycles. The summed E-state index contributed by atoms with van der Waals surface area (Å²) in [5.74, 6) is -0.416. The van der Waals surface area contributed by atoms with Gasteiger partial charge in [-0.15, -0.1) is 0 Å². The molecule has 0 bridgehead atoms. The Morgan fingerprint density at radius 3 is 2.50 bits per heavy atom. The number of sulfonamides is 1. The third-order valence-corrected chi connectivity index (χ3v) is 6.60. The van der Waals surface area contributed by atoms with Gasteiger partial charge >= 0.3 is 0 Å². The van der Waals surface area contributed by atoms with Gasteiger partial charge in [0.15, 0.2) is 0 Å². The molecule has 0 aliphatic carbocycles. The van der Waals surface area contributed by atoms with Crippen LogP contribution in [0.25, 0.3) is 0 Å². The predicted octanol–water partition coefficient (Wildman–Crippen LogP) is 3.44. The Balaban J connectivity index is 1.81. The molecule has 1 aliphatic rings. The van der Waals surface area contributed by atoms with Crippen LogP contribution in [0.3, 0.4) is 0 Å². The van der Waals surface area contributed by atoms with Gasteiger partial charge in [0.1, 0.15) is 0 Å².